The minimum atomic E-state index is -0.479. The molecule has 0 radical (unpaired) electrons. The molecule has 1 atom stereocenters. The molecule has 18 heavy (non-hydrogen) atoms. The molecule has 0 aliphatic rings. The quantitative estimate of drug-likeness (QED) is 0.733. The SMILES string of the molecule is CCc1ccc(C(Br)c2cc(F)c(C)cc2F)o1. The number of hydrogen-bond donors (Lipinski definition) is 0. The van der Waals surface area contributed by atoms with Gasteiger partial charge in [-0.05, 0) is 36.8 Å². The smallest absolute Gasteiger partial charge is 0.128 e. The van der Waals surface area contributed by atoms with E-state index in [4.69, 9.17) is 4.42 Å². The van der Waals surface area contributed by atoms with Crippen LogP contribution in [0.3, 0.4) is 0 Å². The van der Waals surface area contributed by atoms with Crippen LogP contribution in [-0.2, 0) is 6.42 Å². The molecule has 1 unspecified atom stereocenters. The largest absolute Gasteiger partial charge is 0.465 e. The Kier molecular flexibility index (Phi) is 3.85. The first-order chi connectivity index (χ1) is 8.52. The highest BCUT2D eigenvalue weighted by atomic mass is 79.9. The fraction of sp³-hybridized carbons (Fsp3) is 0.286. The average molecular weight is 315 g/mol. The minimum Gasteiger partial charge on any atom is -0.465 e. The summed E-state index contributed by atoms with van der Waals surface area (Å²) in [5, 5.41) is 0. The number of aryl methyl sites for hydroxylation is 2. The van der Waals surface area contributed by atoms with E-state index in [1.54, 1.807) is 6.07 Å². The van der Waals surface area contributed by atoms with E-state index < -0.39 is 16.5 Å². The average Bonchev–Trinajstić information content (AvgIpc) is 2.81. The summed E-state index contributed by atoms with van der Waals surface area (Å²) in [6.45, 7) is 3.51. The van der Waals surface area contributed by atoms with Gasteiger partial charge >= 0.3 is 0 Å². The van der Waals surface area contributed by atoms with Crippen molar-refractivity contribution >= 4 is 15.9 Å². The summed E-state index contributed by atoms with van der Waals surface area (Å²) in [6.07, 6.45) is 0.768. The lowest BCUT2D eigenvalue weighted by Gasteiger charge is -2.10. The number of rotatable bonds is 3. The number of hydrogen-bond acceptors (Lipinski definition) is 1. The predicted octanol–water partition coefficient (Wildman–Crippen LogP) is 4.91. The van der Waals surface area contributed by atoms with Gasteiger partial charge in [-0.3, -0.25) is 0 Å². The first-order valence-corrected chi connectivity index (χ1v) is 6.62. The lowest BCUT2D eigenvalue weighted by molar-refractivity contribution is 0.473. The van der Waals surface area contributed by atoms with Crippen molar-refractivity contribution in [3.8, 4) is 0 Å². The van der Waals surface area contributed by atoms with Gasteiger partial charge < -0.3 is 4.42 Å². The molecule has 0 aliphatic carbocycles. The van der Waals surface area contributed by atoms with Crippen molar-refractivity contribution in [3.63, 3.8) is 0 Å². The second kappa shape index (κ2) is 5.22. The van der Waals surface area contributed by atoms with Crippen LogP contribution in [0.15, 0.2) is 28.7 Å². The third-order valence-corrected chi connectivity index (χ3v) is 3.78. The highest BCUT2D eigenvalue weighted by Crippen LogP contribution is 2.34. The van der Waals surface area contributed by atoms with Gasteiger partial charge in [-0.1, -0.05) is 22.9 Å². The Morgan fingerprint density at radius 1 is 1.22 bits per heavy atom. The van der Waals surface area contributed by atoms with E-state index in [-0.39, 0.29) is 5.56 Å². The Bertz CT molecular complexity index is 563. The highest BCUT2D eigenvalue weighted by Gasteiger charge is 2.19. The standard InChI is InChI=1S/C14H13BrF2O/c1-3-9-4-5-13(18-9)14(15)10-7-11(16)8(2)6-12(10)17/h4-7,14H,3H2,1-2H3. The first-order valence-electron chi connectivity index (χ1n) is 5.71. The number of furan rings is 1. The zero-order valence-electron chi connectivity index (χ0n) is 10.1. The summed E-state index contributed by atoms with van der Waals surface area (Å²) in [4.78, 5) is -0.479. The Labute approximate surface area is 113 Å². The molecule has 0 saturated heterocycles. The molecular weight excluding hydrogens is 302 g/mol. The van der Waals surface area contributed by atoms with E-state index in [0.717, 1.165) is 12.2 Å². The van der Waals surface area contributed by atoms with Gasteiger partial charge in [0.05, 0.1) is 0 Å². The maximum absolute atomic E-state index is 13.8. The van der Waals surface area contributed by atoms with Crippen LogP contribution in [-0.4, -0.2) is 0 Å². The van der Waals surface area contributed by atoms with Crippen molar-refractivity contribution in [2.45, 2.75) is 25.1 Å². The summed E-state index contributed by atoms with van der Waals surface area (Å²) in [6, 6.07) is 6.02. The van der Waals surface area contributed by atoms with E-state index in [0.29, 0.717) is 11.3 Å². The third kappa shape index (κ3) is 2.48. The maximum Gasteiger partial charge on any atom is 0.128 e. The van der Waals surface area contributed by atoms with Crippen molar-refractivity contribution < 1.29 is 13.2 Å². The van der Waals surface area contributed by atoms with Gasteiger partial charge in [0.15, 0.2) is 0 Å². The molecule has 0 amide bonds. The molecule has 0 bridgehead atoms. The predicted molar refractivity (Wildman–Crippen MR) is 70.0 cm³/mol. The van der Waals surface area contributed by atoms with Gasteiger partial charge in [0.1, 0.15) is 28.0 Å². The zero-order chi connectivity index (χ0) is 13.3. The molecule has 2 rings (SSSR count). The minimum absolute atomic E-state index is 0.245. The van der Waals surface area contributed by atoms with Crippen molar-refractivity contribution in [1.82, 2.24) is 0 Å². The van der Waals surface area contributed by atoms with E-state index >= 15 is 0 Å². The fourth-order valence-corrected chi connectivity index (χ4v) is 2.33. The molecule has 0 saturated carbocycles. The van der Waals surface area contributed by atoms with Crippen molar-refractivity contribution in [2.75, 3.05) is 0 Å². The number of alkyl halides is 1. The van der Waals surface area contributed by atoms with Gasteiger partial charge in [0.25, 0.3) is 0 Å². The second-order valence-corrected chi connectivity index (χ2v) is 5.06. The van der Waals surface area contributed by atoms with Crippen LogP contribution in [0.4, 0.5) is 8.78 Å². The fourth-order valence-electron chi connectivity index (χ4n) is 1.73. The van der Waals surface area contributed by atoms with Crippen molar-refractivity contribution in [1.29, 1.82) is 0 Å². The molecule has 0 N–H and O–H groups in total. The van der Waals surface area contributed by atoms with Crippen molar-refractivity contribution in [3.05, 3.63) is 58.5 Å². The first kappa shape index (κ1) is 13.3. The van der Waals surface area contributed by atoms with Crippen LogP contribution in [0.2, 0.25) is 0 Å². The Balaban J connectivity index is 2.39. The Hall–Kier alpha value is -1.16. The van der Waals surface area contributed by atoms with Crippen LogP contribution < -0.4 is 0 Å². The highest BCUT2D eigenvalue weighted by molar-refractivity contribution is 9.09. The van der Waals surface area contributed by atoms with Gasteiger partial charge in [0.2, 0.25) is 0 Å². The van der Waals surface area contributed by atoms with Crippen LogP contribution in [0, 0.1) is 18.6 Å². The Morgan fingerprint density at radius 2 is 1.94 bits per heavy atom. The molecule has 4 heteroatoms. The van der Waals surface area contributed by atoms with Gasteiger partial charge in [-0.15, -0.1) is 0 Å². The molecular formula is C14H13BrF2O. The van der Waals surface area contributed by atoms with E-state index in [2.05, 4.69) is 15.9 Å². The van der Waals surface area contributed by atoms with Crippen LogP contribution in [0.25, 0.3) is 0 Å². The lowest BCUT2D eigenvalue weighted by Crippen LogP contribution is -1.98. The zero-order valence-corrected chi connectivity index (χ0v) is 11.7. The monoisotopic (exact) mass is 314 g/mol. The van der Waals surface area contributed by atoms with Crippen LogP contribution in [0.1, 0.15) is 34.4 Å². The van der Waals surface area contributed by atoms with E-state index in [1.807, 2.05) is 13.0 Å². The van der Waals surface area contributed by atoms with E-state index in [9.17, 15) is 8.78 Å². The van der Waals surface area contributed by atoms with E-state index in [1.165, 1.54) is 19.1 Å². The molecule has 0 aliphatic heterocycles. The molecule has 1 aromatic heterocycles. The summed E-state index contributed by atoms with van der Waals surface area (Å²) < 4.78 is 32.8. The van der Waals surface area contributed by atoms with Gasteiger partial charge in [0, 0.05) is 12.0 Å². The maximum atomic E-state index is 13.8. The van der Waals surface area contributed by atoms with Crippen molar-refractivity contribution in [2.24, 2.45) is 0 Å². The molecule has 96 valence electrons. The van der Waals surface area contributed by atoms with Gasteiger partial charge in [-0.25, -0.2) is 8.78 Å². The van der Waals surface area contributed by atoms with Gasteiger partial charge in [-0.2, -0.15) is 0 Å². The topological polar surface area (TPSA) is 13.1 Å². The molecule has 2 aromatic rings. The van der Waals surface area contributed by atoms with Crippen LogP contribution >= 0.6 is 15.9 Å². The Morgan fingerprint density at radius 3 is 2.56 bits per heavy atom. The molecule has 1 heterocycles. The second-order valence-electron chi connectivity index (χ2n) is 4.14. The number of halogens is 3. The molecule has 1 nitrogen and oxygen atoms in total. The molecule has 0 fully saturated rings. The number of benzene rings is 1. The summed E-state index contributed by atoms with van der Waals surface area (Å²) >= 11 is 3.35. The third-order valence-electron chi connectivity index (χ3n) is 2.83. The summed E-state index contributed by atoms with van der Waals surface area (Å²) in [5.41, 5.74) is 0.541. The normalized spacial score (nSPS) is 12.7. The lowest BCUT2D eigenvalue weighted by atomic mass is 10.1. The molecule has 1 aromatic carbocycles. The van der Waals surface area contributed by atoms with Crippen LogP contribution in [0.5, 0.6) is 0 Å². The summed E-state index contributed by atoms with van der Waals surface area (Å²) in [7, 11) is 0. The molecule has 0 spiro atoms. The summed E-state index contributed by atoms with van der Waals surface area (Å²) in [5.74, 6) is 0.541.